The van der Waals surface area contributed by atoms with Crippen LogP contribution < -0.4 is 0 Å². The van der Waals surface area contributed by atoms with E-state index in [0.717, 1.165) is 9.98 Å². The molecule has 1 aromatic carbocycles. The molecular formula is C11H15Cl2O2PPbS3. The third-order valence-corrected chi connectivity index (χ3v) is 9.69. The monoisotopic (exact) mass is 584 g/mol. The van der Waals surface area contributed by atoms with E-state index in [2.05, 4.69) is 0 Å². The van der Waals surface area contributed by atoms with Crippen molar-refractivity contribution in [2.24, 2.45) is 0 Å². The predicted molar refractivity (Wildman–Crippen MR) is 98.1 cm³/mol. The maximum atomic E-state index is 6.10. The Labute approximate surface area is 164 Å². The molecule has 0 aliphatic rings. The van der Waals surface area contributed by atoms with Crippen LogP contribution in [0, 0.1) is 0 Å². The molecule has 0 N–H and O–H groups in total. The van der Waals surface area contributed by atoms with Crippen LogP contribution in [-0.4, -0.2) is 45.6 Å². The van der Waals surface area contributed by atoms with Crippen LogP contribution >= 0.6 is 52.0 Å². The second kappa shape index (κ2) is 11.5. The molecule has 0 aliphatic carbocycles. The molecule has 0 aromatic heterocycles. The van der Waals surface area contributed by atoms with Gasteiger partial charge >= 0.3 is 0 Å². The van der Waals surface area contributed by atoms with Crippen LogP contribution in [0.1, 0.15) is 13.8 Å². The number of halogens is 2. The van der Waals surface area contributed by atoms with Gasteiger partial charge in [0, 0.05) is 37.2 Å². The quantitative estimate of drug-likeness (QED) is 0.169. The van der Waals surface area contributed by atoms with Gasteiger partial charge in [-0.15, -0.1) is 11.8 Å². The average molecular weight is 585 g/mol. The summed E-state index contributed by atoms with van der Waals surface area (Å²) < 4.78 is 11.1. The molecule has 0 amide bonds. The minimum atomic E-state index is -2.23. The number of thioether (sulfide) groups is 1. The second-order valence-electron chi connectivity index (χ2n) is 3.25. The van der Waals surface area contributed by atoms with Gasteiger partial charge in [-0.1, -0.05) is 34.6 Å². The van der Waals surface area contributed by atoms with Gasteiger partial charge in [0.15, 0.2) is 0 Å². The third-order valence-electron chi connectivity index (χ3n) is 1.89. The molecule has 1 rings (SSSR count). The molecule has 4 radical (unpaired) electrons. The molecular weight excluding hydrogens is 569 g/mol. The fourth-order valence-electron chi connectivity index (χ4n) is 1.17. The van der Waals surface area contributed by atoms with E-state index in [-0.39, 0.29) is 27.3 Å². The number of hydrogen-bond donors (Lipinski definition) is 0. The van der Waals surface area contributed by atoms with Crippen LogP contribution in [0.5, 0.6) is 0 Å². The zero-order valence-corrected chi connectivity index (χ0v) is 19.8. The maximum Gasteiger partial charge on any atom is 0.248 e. The Kier molecular flexibility index (Phi) is 12.7. The van der Waals surface area contributed by atoms with Crippen LogP contribution in [-0.2, 0) is 20.9 Å². The Bertz CT molecular complexity index is 455. The zero-order chi connectivity index (χ0) is 14.3. The van der Waals surface area contributed by atoms with E-state index in [1.165, 1.54) is 11.4 Å². The van der Waals surface area contributed by atoms with E-state index in [1.54, 1.807) is 23.9 Å². The minimum Gasteiger partial charge on any atom is -0.322 e. The first-order valence-corrected chi connectivity index (χ1v) is 11.6. The number of rotatable bonds is 8. The molecule has 0 bridgehead atoms. The fraction of sp³-hybridized carbons (Fsp3) is 0.455. The molecule has 0 aliphatic heterocycles. The van der Waals surface area contributed by atoms with Crippen LogP contribution in [0.15, 0.2) is 23.1 Å². The van der Waals surface area contributed by atoms with Crippen molar-refractivity contribution in [3.8, 4) is 0 Å². The van der Waals surface area contributed by atoms with Crippen molar-refractivity contribution < 1.29 is 9.05 Å². The topological polar surface area (TPSA) is 18.5 Å². The summed E-state index contributed by atoms with van der Waals surface area (Å²) >= 11 is 20.6. The van der Waals surface area contributed by atoms with Crippen molar-refractivity contribution in [2.75, 3.05) is 18.3 Å². The molecule has 0 fully saturated rings. The van der Waals surface area contributed by atoms with Crippen LogP contribution in [0.2, 0.25) is 10.0 Å². The van der Waals surface area contributed by atoms with E-state index in [4.69, 9.17) is 44.1 Å². The van der Waals surface area contributed by atoms with Gasteiger partial charge in [-0.3, -0.25) is 0 Å². The summed E-state index contributed by atoms with van der Waals surface area (Å²) in [5.74, 6) is 0. The first kappa shape index (κ1) is 22.0. The summed E-state index contributed by atoms with van der Waals surface area (Å²) in [7, 11) is 0. The number of hydrogen-bond acceptors (Lipinski definition) is 5. The summed E-state index contributed by atoms with van der Waals surface area (Å²) in [5, 5.41) is 2.08. The minimum absolute atomic E-state index is 0. The Morgan fingerprint density at radius 1 is 1.20 bits per heavy atom. The Balaban J connectivity index is 0.00000361. The largest absolute Gasteiger partial charge is 0.322 e. The van der Waals surface area contributed by atoms with E-state index in [0.29, 0.717) is 23.3 Å². The van der Waals surface area contributed by atoms with Gasteiger partial charge in [0.25, 0.3) is 0 Å². The maximum absolute atomic E-state index is 6.10. The standard InChI is InChI=1S/C11H15Cl2O2PS3.Pb/c1-3-14-16(17,15-4-2)19-8-18-11-7-9(12)5-6-10(11)13;/h5-7H,3-4,8H2,1-2H3;. The Morgan fingerprint density at radius 3 is 2.35 bits per heavy atom. The van der Waals surface area contributed by atoms with Crippen molar-refractivity contribution in [2.45, 2.75) is 18.7 Å². The molecule has 1 aromatic rings. The first-order chi connectivity index (χ1) is 9.00. The van der Waals surface area contributed by atoms with Crippen LogP contribution in [0.3, 0.4) is 0 Å². The van der Waals surface area contributed by atoms with Gasteiger partial charge in [-0.25, -0.2) is 0 Å². The fourth-order valence-corrected chi connectivity index (χ4v) is 8.71. The van der Waals surface area contributed by atoms with Gasteiger partial charge in [-0.05, 0) is 43.9 Å². The number of benzene rings is 1. The molecule has 0 heterocycles. The normalized spacial score (nSPS) is 11.2. The van der Waals surface area contributed by atoms with Crippen molar-refractivity contribution in [1.29, 1.82) is 0 Å². The summed E-state index contributed by atoms with van der Waals surface area (Å²) in [6, 6.07) is 5.41. The van der Waals surface area contributed by atoms with E-state index in [9.17, 15) is 0 Å². The third kappa shape index (κ3) is 8.02. The Hall–Kier alpha value is 1.99. The van der Waals surface area contributed by atoms with Gasteiger partial charge in [0.1, 0.15) is 0 Å². The van der Waals surface area contributed by atoms with Crippen molar-refractivity contribution >= 4 is 91.1 Å². The van der Waals surface area contributed by atoms with Gasteiger partial charge < -0.3 is 9.05 Å². The van der Waals surface area contributed by atoms with E-state index in [1.807, 2.05) is 19.9 Å². The average Bonchev–Trinajstić information content (AvgIpc) is 2.34. The summed E-state index contributed by atoms with van der Waals surface area (Å²) in [6.07, 6.45) is 0. The molecule has 20 heavy (non-hydrogen) atoms. The van der Waals surface area contributed by atoms with E-state index >= 15 is 0 Å². The molecule has 0 saturated heterocycles. The van der Waals surface area contributed by atoms with Gasteiger partial charge in [-0.2, -0.15) is 0 Å². The molecule has 0 saturated carbocycles. The summed E-state index contributed by atoms with van der Waals surface area (Å²) in [5.41, 5.74) is -2.23. The van der Waals surface area contributed by atoms with Crippen molar-refractivity contribution in [1.82, 2.24) is 0 Å². The summed E-state index contributed by atoms with van der Waals surface area (Å²) in [6.45, 7) is 4.96. The van der Waals surface area contributed by atoms with Crippen molar-refractivity contribution in [3.63, 3.8) is 0 Å². The van der Waals surface area contributed by atoms with Crippen LogP contribution in [0.4, 0.5) is 0 Å². The smallest absolute Gasteiger partial charge is 0.248 e. The van der Waals surface area contributed by atoms with Crippen molar-refractivity contribution in [3.05, 3.63) is 28.2 Å². The molecule has 112 valence electrons. The molecule has 0 atom stereocenters. The molecule has 9 heteroatoms. The zero-order valence-electron chi connectivity index (χ0n) is 11.1. The van der Waals surface area contributed by atoms with E-state index < -0.39 is 5.69 Å². The van der Waals surface area contributed by atoms with Gasteiger partial charge in [0.05, 0.1) is 23.3 Å². The second-order valence-corrected chi connectivity index (χ2v) is 11.8. The summed E-state index contributed by atoms with van der Waals surface area (Å²) in [4.78, 5) is 0.941. The first-order valence-electron chi connectivity index (χ1n) is 5.62. The Morgan fingerprint density at radius 2 is 1.80 bits per heavy atom. The predicted octanol–water partition coefficient (Wildman–Crippen LogP) is 5.69. The van der Waals surface area contributed by atoms with Gasteiger partial charge in [0.2, 0.25) is 5.69 Å². The molecule has 0 spiro atoms. The van der Waals surface area contributed by atoms with Crippen LogP contribution in [0.25, 0.3) is 0 Å². The molecule has 2 nitrogen and oxygen atoms in total. The SMILES string of the molecule is CCOP(=S)(OCC)SCSc1cc(Cl)ccc1Cl.[Pb]. The molecule has 0 unspecified atom stereocenters.